The maximum absolute atomic E-state index is 12.3. The Bertz CT molecular complexity index is 618. The third-order valence-corrected chi connectivity index (χ3v) is 5.15. The molecule has 0 spiro atoms. The Labute approximate surface area is 182 Å². The fourth-order valence-corrected chi connectivity index (χ4v) is 3.16. The van der Waals surface area contributed by atoms with Crippen LogP contribution in [0.2, 0.25) is 0 Å². The molecule has 30 heavy (non-hydrogen) atoms. The third kappa shape index (κ3) is 8.03. The van der Waals surface area contributed by atoms with E-state index in [1.54, 1.807) is 11.9 Å². The van der Waals surface area contributed by atoms with Gasteiger partial charge in [0.1, 0.15) is 6.61 Å². The summed E-state index contributed by atoms with van der Waals surface area (Å²) in [6, 6.07) is 5.94. The van der Waals surface area contributed by atoms with Crippen LogP contribution < -0.4 is 9.47 Å². The fourth-order valence-electron chi connectivity index (χ4n) is 3.16. The molecule has 1 aromatic rings. The van der Waals surface area contributed by atoms with Crippen LogP contribution >= 0.6 is 0 Å². The summed E-state index contributed by atoms with van der Waals surface area (Å²) < 4.78 is 16.2. The molecular formula is C23H41N3O4. The van der Waals surface area contributed by atoms with Crippen molar-refractivity contribution >= 4 is 6.09 Å². The first-order valence-electron chi connectivity index (χ1n) is 11.2. The quantitative estimate of drug-likeness (QED) is 0.695. The van der Waals surface area contributed by atoms with Crippen molar-refractivity contribution in [2.24, 2.45) is 0 Å². The molecule has 7 heteroatoms. The molecule has 1 unspecified atom stereocenters. The van der Waals surface area contributed by atoms with Crippen molar-refractivity contribution in [1.29, 1.82) is 0 Å². The molecule has 2 aliphatic heterocycles. The van der Waals surface area contributed by atoms with Gasteiger partial charge >= 0.3 is 6.09 Å². The summed E-state index contributed by atoms with van der Waals surface area (Å²) in [5.41, 5.74) is 1.11. The van der Waals surface area contributed by atoms with Crippen molar-refractivity contribution in [3.8, 4) is 11.5 Å². The molecule has 7 nitrogen and oxygen atoms in total. The summed E-state index contributed by atoms with van der Waals surface area (Å²) in [6.45, 7) is 15.7. The summed E-state index contributed by atoms with van der Waals surface area (Å²) in [4.78, 5) is 18.6. The highest BCUT2D eigenvalue weighted by molar-refractivity contribution is 5.67. The Morgan fingerprint density at radius 1 is 1.10 bits per heavy atom. The number of hydrogen-bond donors (Lipinski definition) is 0. The second-order valence-electron chi connectivity index (χ2n) is 7.11. The van der Waals surface area contributed by atoms with Crippen LogP contribution in [0.25, 0.3) is 0 Å². The van der Waals surface area contributed by atoms with Crippen LogP contribution in [0.3, 0.4) is 0 Å². The van der Waals surface area contributed by atoms with Gasteiger partial charge in [0.2, 0.25) is 6.79 Å². The molecule has 2 heterocycles. The maximum atomic E-state index is 12.3. The van der Waals surface area contributed by atoms with Gasteiger partial charge in [0.05, 0.1) is 0 Å². The molecule has 1 fully saturated rings. The summed E-state index contributed by atoms with van der Waals surface area (Å²) in [5.74, 6) is 1.55. The number of piperazine rings is 1. The van der Waals surface area contributed by atoms with Gasteiger partial charge < -0.3 is 24.0 Å². The predicted octanol–water partition coefficient (Wildman–Crippen LogP) is 3.71. The zero-order chi connectivity index (χ0) is 22.5. The minimum absolute atomic E-state index is 0.0338. The van der Waals surface area contributed by atoms with Gasteiger partial charge in [0.15, 0.2) is 11.5 Å². The number of benzene rings is 1. The van der Waals surface area contributed by atoms with E-state index in [4.69, 9.17) is 14.2 Å². The van der Waals surface area contributed by atoms with Crippen LogP contribution in [-0.2, 0) is 11.2 Å². The number of carbonyl (C=O) groups is 1. The Hall–Kier alpha value is -1.99. The normalized spacial score (nSPS) is 16.5. The molecule has 0 bridgehead atoms. The minimum Gasteiger partial charge on any atom is -0.454 e. The zero-order valence-electron chi connectivity index (χ0n) is 19.9. The average Bonchev–Trinajstić information content (AvgIpc) is 3.25. The first-order chi connectivity index (χ1) is 14.5. The first kappa shape index (κ1) is 26.0. The third-order valence-electron chi connectivity index (χ3n) is 5.15. The van der Waals surface area contributed by atoms with Crippen LogP contribution in [0.15, 0.2) is 18.2 Å². The Morgan fingerprint density at radius 3 is 2.40 bits per heavy atom. The van der Waals surface area contributed by atoms with Crippen LogP contribution in [0.5, 0.6) is 11.5 Å². The van der Waals surface area contributed by atoms with E-state index in [-0.39, 0.29) is 18.9 Å². The second-order valence-corrected chi connectivity index (χ2v) is 7.11. The van der Waals surface area contributed by atoms with Crippen molar-refractivity contribution < 1.29 is 19.0 Å². The highest BCUT2D eigenvalue weighted by Gasteiger charge is 2.20. The molecule has 1 atom stereocenters. The minimum atomic E-state index is -0.271. The summed E-state index contributed by atoms with van der Waals surface area (Å²) in [5, 5.41) is 0. The highest BCUT2D eigenvalue weighted by Crippen LogP contribution is 2.32. The number of rotatable bonds is 6. The number of nitrogens with zero attached hydrogens (tertiary/aromatic N) is 3. The summed E-state index contributed by atoms with van der Waals surface area (Å²) in [7, 11) is 3.92. The molecular weight excluding hydrogens is 382 g/mol. The van der Waals surface area contributed by atoms with Crippen LogP contribution in [0.1, 0.15) is 40.2 Å². The van der Waals surface area contributed by atoms with E-state index >= 15 is 0 Å². The lowest BCUT2D eigenvalue weighted by Crippen LogP contribution is -2.46. The standard InChI is InChI=1S/C19H29N3O4.2C2H6/c1-15(12-16-4-5-17-18(13-16)26-14-25-17)21(3)19(23)24-11-10-22-8-6-20(2)7-9-22;2*1-2/h4-5,13,15H,6-12,14H2,1-3H3;2*1-2H3. The van der Waals surface area contributed by atoms with Gasteiger partial charge in [-0.1, -0.05) is 33.8 Å². The lowest BCUT2D eigenvalue weighted by atomic mass is 10.1. The number of fused-ring (bicyclic) bond motifs is 1. The van der Waals surface area contributed by atoms with Crippen LogP contribution in [0.4, 0.5) is 4.79 Å². The fraction of sp³-hybridized carbons (Fsp3) is 0.696. The molecule has 0 radical (unpaired) electrons. The lowest BCUT2D eigenvalue weighted by Gasteiger charge is -2.32. The first-order valence-corrected chi connectivity index (χ1v) is 11.2. The van der Waals surface area contributed by atoms with Gasteiger partial charge in [-0.2, -0.15) is 0 Å². The Balaban J connectivity index is 0.00000106. The van der Waals surface area contributed by atoms with Crippen molar-refractivity contribution in [2.75, 3.05) is 60.2 Å². The molecule has 0 aromatic heterocycles. The van der Waals surface area contributed by atoms with Crippen molar-refractivity contribution in [1.82, 2.24) is 14.7 Å². The van der Waals surface area contributed by atoms with Crippen LogP contribution in [-0.4, -0.2) is 87.1 Å². The summed E-state index contributed by atoms with van der Waals surface area (Å²) in [6.07, 6.45) is 0.466. The highest BCUT2D eigenvalue weighted by atomic mass is 16.7. The van der Waals surface area contributed by atoms with E-state index in [2.05, 4.69) is 16.8 Å². The lowest BCUT2D eigenvalue weighted by molar-refractivity contribution is 0.0774. The molecule has 0 N–H and O–H groups in total. The maximum Gasteiger partial charge on any atom is 0.409 e. The molecule has 0 saturated carbocycles. The van der Waals surface area contributed by atoms with E-state index in [1.807, 2.05) is 52.8 Å². The molecule has 172 valence electrons. The molecule has 1 amide bonds. The monoisotopic (exact) mass is 423 g/mol. The van der Waals surface area contributed by atoms with E-state index < -0.39 is 0 Å². The second kappa shape index (κ2) is 14.1. The number of hydrogen-bond acceptors (Lipinski definition) is 6. The van der Waals surface area contributed by atoms with Gasteiger partial charge in [0.25, 0.3) is 0 Å². The van der Waals surface area contributed by atoms with Gasteiger partial charge in [0, 0.05) is 45.8 Å². The van der Waals surface area contributed by atoms with Crippen LogP contribution in [0, 0.1) is 0 Å². The van der Waals surface area contributed by atoms with E-state index in [0.717, 1.165) is 56.2 Å². The smallest absolute Gasteiger partial charge is 0.409 e. The van der Waals surface area contributed by atoms with E-state index in [9.17, 15) is 4.79 Å². The number of carbonyl (C=O) groups excluding carboxylic acids is 1. The SMILES string of the molecule is CC.CC.CC(Cc1ccc2c(c1)OCO2)N(C)C(=O)OCCN1CCN(C)CC1. The predicted molar refractivity (Wildman–Crippen MR) is 121 cm³/mol. The molecule has 1 saturated heterocycles. The van der Waals surface area contributed by atoms with Gasteiger partial charge in [-0.05, 0) is 38.1 Å². The van der Waals surface area contributed by atoms with Crippen molar-refractivity contribution in [2.45, 2.75) is 47.1 Å². The van der Waals surface area contributed by atoms with Gasteiger partial charge in [-0.25, -0.2) is 4.79 Å². The number of ether oxygens (including phenoxy) is 3. The van der Waals surface area contributed by atoms with E-state index in [1.165, 1.54) is 0 Å². The molecule has 2 aliphatic rings. The van der Waals surface area contributed by atoms with E-state index in [0.29, 0.717) is 6.61 Å². The Morgan fingerprint density at radius 2 is 1.73 bits per heavy atom. The molecule has 1 aromatic carbocycles. The topological polar surface area (TPSA) is 54.5 Å². The largest absolute Gasteiger partial charge is 0.454 e. The zero-order valence-corrected chi connectivity index (χ0v) is 19.9. The molecule has 3 rings (SSSR count). The Kier molecular flexibility index (Phi) is 12.2. The summed E-state index contributed by atoms with van der Waals surface area (Å²) >= 11 is 0. The molecule has 0 aliphatic carbocycles. The van der Waals surface area contributed by atoms with Crippen molar-refractivity contribution in [3.05, 3.63) is 23.8 Å². The van der Waals surface area contributed by atoms with Crippen molar-refractivity contribution in [3.63, 3.8) is 0 Å². The van der Waals surface area contributed by atoms with Gasteiger partial charge in [-0.15, -0.1) is 0 Å². The van der Waals surface area contributed by atoms with Gasteiger partial charge in [-0.3, -0.25) is 4.90 Å². The average molecular weight is 424 g/mol. The number of likely N-dealkylation sites (N-methyl/N-ethyl adjacent to an activating group) is 2. The number of amides is 1.